The fourth-order valence-corrected chi connectivity index (χ4v) is 3.58. The fourth-order valence-electron chi connectivity index (χ4n) is 3.58. The van der Waals surface area contributed by atoms with E-state index in [1.807, 2.05) is 56.3 Å². The van der Waals surface area contributed by atoms with Crippen LogP contribution in [-0.2, 0) is 22.6 Å². The summed E-state index contributed by atoms with van der Waals surface area (Å²) >= 11 is 0. The Morgan fingerprint density at radius 3 is 2.50 bits per heavy atom. The van der Waals surface area contributed by atoms with Gasteiger partial charge in [-0.2, -0.15) is 0 Å². The molecule has 1 aliphatic rings. The molecule has 0 radical (unpaired) electrons. The molecule has 0 spiro atoms. The molecule has 7 heteroatoms. The Hall–Kier alpha value is -3.48. The van der Waals surface area contributed by atoms with Crippen LogP contribution in [-0.4, -0.2) is 21.4 Å². The number of nitrogens with one attached hydrogen (secondary N) is 2. The Bertz CT molecular complexity index is 1190. The summed E-state index contributed by atoms with van der Waals surface area (Å²) in [6.07, 6.45) is 2.64. The van der Waals surface area contributed by atoms with Crippen molar-refractivity contribution in [3.8, 4) is 0 Å². The molecular weight excluding hydrogens is 404 g/mol. The molecule has 32 heavy (non-hydrogen) atoms. The van der Waals surface area contributed by atoms with Crippen LogP contribution < -0.4 is 16.2 Å². The van der Waals surface area contributed by atoms with E-state index in [2.05, 4.69) is 15.6 Å². The molecule has 2 N–H and O–H groups in total. The molecule has 1 aromatic heterocycles. The lowest BCUT2D eigenvalue weighted by molar-refractivity contribution is -0.121. The van der Waals surface area contributed by atoms with Crippen LogP contribution in [0.3, 0.4) is 0 Å². The third kappa shape index (κ3) is 5.04. The van der Waals surface area contributed by atoms with Crippen LogP contribution in [0.4, 0.5) is 5.69 Å². The summed E-state index contributed by atoms with van der Waals surface area (Å²) in [7, 11) is 0. The monoisotopic (exact) mass is 432 g/mol. The Kier molecular flexibility index (Phi) is 6.35. The van der Waals surface area contributed by atoms with Crippen molar-refractivity contribution in [1.82, 2.24) is 14.9 Å². The molecule has 3 aromatic rings. The quantitative estimate of drug-likeness (QED) is 0.569. The number of anilines is 1. The smallest absolute Gasteiger partial charge is 0.261 e. The summed E-state index contributed by atoms with van der Waals surface area (Å²) in [6.45, 7) is 4.09. The zero-order chi connectivity index (χ0) is 22.7. The van der Waals surface area contributed by atoms with Crippen molar-refractivity contribution in [3.05, 3.63) is 70.3 Å². The third-order valence-corrected chi connectivity index (χ3v) is 5.60. The first-order chi connectivity index (χ1) is 15.4. The van der Waals surface area contributed by atoms with Gasteiger partial charge in [-0.3, -0.25) is 19.0 Å². The Balaban J connectivity index is 1.35. The van der Waals surface area contributed by atoms with Gasteiger partial charge in [0.05, 0.1) is 10.9 Å². The average molecular weight is 433 g/mol. The summed E-state index contributed by atoms with van der Waals surface area (Å²) in [6, 6.07) is 15.0. The number of carbonyl (C=O) groups excluding carboxylic acids is 2. The molecule has 1 aliphatic carbocycles. The largest absolute Gasteiger partial charge is 0.352 e. The highest BCUT2D eigenvalue weighted by atomic mass is 16.2. The molecule has 0 atom stereocenters. The molecule has 7 nitrogen and oxygen atoms in total. The number of rotatable bonds is 8. The van der Waals surface area contributed by atoms with Crippen molar-refractivity contribution in [2.75, 3.05) is 5.32 Å². The van der Waals surface area contributed by atoms with Crippen LogP contribution in [0.25, 0.3) is 10.9 Å². The molecule has 0 bridgehead atoms. The molecule has 2 aromatic carbocycles. The Morgan fingerprint density at radius 1 is 1.09 bits per heavy atom. The van der Waals surface area contributed by atoms with E-state index in [-0.39, 0.29) is 35.8 Å². The van der Waals surface area contributed by atoms with E-state index in [0.29, 0.717) is 29.7 Å². The zero-order valence-electron chi connectivity index (χ0n) is 18.4. The van der Waals surface area contributed by atoms with E-state index in [1.54, 1.807) is 10.6 Å². The maximum Gasteiger partial charge on any atom is 0.261 e. The number of para-hydroxylation sites is 1. The molecule has 0 saturated heterocycles. The van der Waals surface area contributed by atoms with Crippen molar-refractivity contribution in [2.24, 2.45) is 5.92 Å². The second-order valence-corrected chi connectivity index (χ2v) is 8.57. The standard InChI is InChI=1S/C25H28N4O3/c1-16(2)24(31)27-18-9-7-17(8-10-18)15-26-23(30)14-13-22-28-21-6-4-3-5-20(21)25(32)29(22)19-11-12-19/h3-10,16,19H,11-15H2,1-2H3,(H,26,30)(H,27,31). The lowest BCUT2D eigenvalue weighted by Gasteiger charge is -2.13. The molecule has 166 valence electrons. The Morgan fingerprint density at radius 2 is 1.81 bits per heavy atom. The second kappa shape index (κ2) is 9.34. The molecule has 2 amide bonds. The van der Waals surface area contributed by atoms with E-state index in [9.17, 15) is 14.4 Å². The van der Waals surface area contributed by atoms with Crippen molar-refractivity contribution in [2.45, 2.75) is 52.1 Å². The molecule has 1 heterocycles. The minimum Gasteiger partial charge on any atom is -0.352 e. The molecule has 0 unspecified atom stereocenters. The normalized spacial score (nSPS) is 13.3. The Labute approximate surface area is 186 Å². The van der Waals surface area contributed by atoms with Crippen molar-refractivity contribution in [1.29, 1.82) is 0 Å². The lowest BCUT2D eigenvalue weighted by Crippen LogP contribution is -2.27. The number of aryl methyl sites for hydroxylation is 1. The molecule has 1 saturated carbocycles. The minimum absolute atomic E-state index is 0.0156. The first kappa shape index (κ1) is 21.7. The van der Waals surface area contributed by atoms with Gasteiger partial charge in [0.15, 0.2) is 0 Å². The van der Waals surface area contributed by atoms with Gasteiger partial charge in [0.2, 0.25) is 11.8 Å². The predicted molar refractivity (Wildman–Crippen MR) is 124 cm³/mol. The van der Waals surface area contributed by atoms with Crippen LogP contribution in [0.2, 0.25) is 0 Å². The van der Waals surface area contributed by atoms with Crippen LogP contribution in [0.1, 0.15) is 50.5 Å². The van der Waals surface area contributed by atoms with Crippen LogP contribution in [0.5, 0.6) is 0 Å². The van der Waals surface area contributed by atoms with Gasteiger partial charge in [-0.15, -0.1) is 0 Å². The zero-order valence-corrected chi connectivity index (χ0v) is 18.4. The van der Waals surface area contributed by atoms with Gasteiger partial charge in [-0.1, -0.05) is 38.1 Å². The molecule has 0 aliphatic heterocycles. The summed E-state index contributed by atoms with van der Waals surface area (Å²) in [4.78, 5) is 41.8. The van der Waals surface area contributed by atoms with Gasteiger partial charge in [0.1, 0.15) is 5.82 Å². The lowest BCUT2D eigenvalue weighted by atomic mass is 10.1. The number of amides is 2. The van der Waals surface area contributed by atoms with E-state index in [0.717, 1.165) is 24.1 Å². The average Bonchev–Trinajstić information content (AvgIpc) is 3.62. The van der Waals surface area contributed by atoms with Crippen LogP contribution in [0, 0.1) is 5.92 Å². The van der Waals surface area contributed by atoms with Crippen LogP contribution in [0.15, 0.2) is 53.3 Å². The number of carbonyl (C=O) groups is 2. The minimum atomic E-state index is -0.0908. The van der Waals surface area contributed by atoms with E-state index >= 15 is 0 Å². The molecule has 4 rings (SSSR count). The van der Waals surface area contributed by atoms with Gasteiger partial charge in [-0.05, 0) is 42.7 Å². The van der Waals surface area contributed by atoms with Crippen LogP contribution >= 0.6 is 0 Å². The number of benzene rings is 2. The number of fused-ring (bicyclic) bond motifs is 1. The predicted octanol–water partition coefficient (Wildman–Crippen LogP) is 3.57. The highest BCUT2D eigenvalue weighted by Gasteiger charge is 2.28. The topological polar surface area (TPSA) is 93.1 Å². The first-order valence-corrected chi connectivity index (χ1v) is 11.1. The van der Waals surface area contributed by atoms with E-state index in [1.165, 1.54) is 0 Å². The summed E-state index contributed by atoms with van der Waals surface area (Å²) in [5.41, 5.74) is 2.34. The maximum atomic E-state index is 12.9. The number of nitrogens with zero attached hydrogens (tertiary/aromatic N) is 2. The SMILES string of the molecule is CC(C)C(=O)Nc1ccc(CNC(=O)CCc2nc3ccccc3c(=O)n2C2CC2)cc1. The van der Waals surface area contributed by atoms with Crippen molar-refractivity contribution in [3.63, 3.8) is 0 Å². The van der Waals surface area contributed by atoms with Crippen molar-refractivity contribution < 1.29 is 9.59 Å². The first-order valence-electron chi connectivity index (χ1n) is 11.1. The van der Waals surface area contributed by atoms with E-state index < -0.39 is 0 Å². The maximum absolute atomic E-state index is 12.9. The molecule has 1 fully saturated rings. The summed E-state index contributed by atoms with van der Waals surface area (Å²) in [5, 5.41) is 6.40. The van der Waals surface area contributed by atoms with Gasteiger partial charge in [0.25, 0.3) is 5.56 Å². The van der Waals surface area contributed by atoms with Gasteiger partial charge in [-0.25, -0.2) is 4.98 Å². The summed E-state index contributed by atoms with van der Waals surface area (Å²) in [5.74, 6) is 0.476. The van der Waals surface area contributed by atoms with Gasteiger partial charge < -0.3 is 10.6 Å². The molecular formula is C25H28N4O3. The number of hydrogen-bond donors (Lipinski definition) is 2. The van der Waals surface area contributed by atoms with E-state index in [4.69, 9.17) is 0 Å². The highest BCUT2D eigenvalue weighted by Crippen LogP contribution is 2.34. The van der Waals surface area contributed by atoms with Gasteiger partial charge >= 0.3 is 0 Å². The summed E-state index contributed by atoms with van der Waals surface area (Å²) < 4.78 is 1.78. The van der Waals surface area contributed by atoms with Gasteiger partial charge in [0, 0.05) is 37.0 Å². The third-order valence-electron chi connectivity index (χ3n) is 5.60. The second-order valence-electron chi connectivity index (χ2n) is 8.57. The fraction of sp³-hybridized carbons (Fsp3) is 0.360. The highest BCUT2D eigenvalue weighted by molar-refractivity contribution is 5.92. The number of aromatic nitrogens is 2. The van der Waals surface area contributed by atoms with Crippen molar-refractivity contribution >= 4 is 28.4 Å². The number of hydrogen-bond acceptors (Lipinski definition) is 4.